The van der Waals surface area contributed by atoms with Gasteiger partial charge in [-0.2, -0.15) is 0 Å². The molecule has 0 aromatic heterocycles. The molecule has 0 aliphatic carbocycles. The lowest BCUT2D eigenvalue weighted by Crippen LogP contribution is -2.43. The van der Waals surface area contributed by atoms with E-state index < -0.39 is 0 Å². The molecule has 1 aliphatic heterocycles. The molecular weight excluding hydrogens is 362 g/mol. The minimum absolute atomic E-state index is 0.0130. The van der Waals surface area contributed by atoms with Crippen LogP contribution in [0.5, 0.6) is 0 Å². The Hall–Kier alpha value is -2.37. The molecule has 0 saturated carbocycles. The van der Waals surface area contributed by atoms with Crippen molar-refractivity contribution in [2.45, 2.75) is 25.9 Å². The number of nitrogens with one attached hydrogen (secondary N) is 2. The number of aryl methyl sites for hydroxylation is 1. The van der Waals surface area contributed by atoms with Crippen LogP contribution in [0.3, 0.4) is 0 Å². The van der Waals surface area contributed by atoms with Gasteiger partial charge in [0.15, 0.2) is 0 Å². The molecule has 2 N–H and O–H groups in total. The van der Waals surface area contributed by atoms with E-state index in [-0.39, 0.29) is 24.4 Å². The van der Waals surface area contributed by atoms with E-state index in [9.17, 15) is 9.59 Å². The highest BCUT2D eigenvalue weighted by Crippen LogP contribution is 2.15. The van der Waals surface area contributed by atoms with E-state index in [1.165, 1.54) is 5.56 Å². The van der Waals surface area contributed by atoms with E-state index in [1.54, 1.807) is 6.07 Å². The maximum absolute atomic E-state index is 12.2. The molecule has 3 rings (SSSR count). The molecule has 0 bridgehead atoms. The number of hydrogen-bond donors (Lipinski definition) is 2. The number of likely N-dealkylation sites (tertiary alicyclic amines) is 1. The summed E-state index contributed by atoms with van der Waals surface area (Å²) in [5, 5.41) is 6.44. The number of hydrogen-bond acceptors (Lipinski definition) is 3. The average Bonchev–Trinajstić information content (AvgIpc) is 3.09. The lowest BCUT2D eigenvalue weighted by molar-refractivity contribution is -0.120. The van der Waals surface area contributed by atoms with Crippen LogP contribution in [0.4, 0.5) is 0 Å². The van der Waals surface area contributed by atoms with Crippen molar-refractivity contribution in [3.05, 3.63) is 70.2 Å². The van der Waals surface area contributed by atoms with Gasteiger partial charge in [0, 0.05) is 36.3 Å². The Morgan fingerprint density at radius 2 is 1.89 bits per heavy atom. The van der Waals surface area contributed by atoms with Crippen LogP contribution in [0, 0.1) is 6.92 Å². The number of benzene rings is 2. The van der Waals surface area contributed by atoms with Gasteiger partial charge >= 0.3 is 0 Å². The van der Waals surface area contributed by atoms with Crippen molar-refractivity contribution < 1.29 is 9.59 Å². The standard InChI is InChI=1S/C21H24ClN3O2/c1-15-4-2-3-5-19(15)21(27)23-12-20(26)24-18-10-11-25(14-18)13-16-6-8-17(22)9-7-16/h2-9,18H,10-14H2,1H3,(H,23,27)(H,24,26)/t18-/m1/s1. The molecule has 0 unspecified atom stereocenters. The molecule has 2 aromatic carbocycles. The molecule has 1 saturated heterocycles. The third kappa shape index (κ3) is 5.55. The lowest BCUT2D eigenvalue weighted by atomic mass is 10.1. The Balaban J connectivity index is 1.42. The van der Waals surface area contributed by atoms with Gasteiger partial charge in [-0.05, 0) is 42.7 Å². The Bertz CT molecular complexity index is 807. The summed E-state index contributed by atoms with van der Waals surface area (Å²) in [6.07, 6.45) is 0.908. The monoisotopic (exact) mass is 385 g/mol. The summed E-state index contributed by atoms with van der Waals surface area (Å²) < 4.78 is 0. The van der Waals surface area contributed by atoms with Crippen LogP contribution in [0.15, 0.2) is 48.5 Å². The minimum Gasteiger partial charge on any atom is -0.350 e. The third-order valence-corrected chi connectivity index (χ3v) is 5.01. The smallest absolute Gasteiger partial charge is 0.251 e. The van der Waals surface area contributed by atoms with Crippen molar-refractivity contribution in [1.29, 1.82) is 0 Å². The highest BCUT2D eigenvalue weighted by Gasteiger charge is 2.24. The first-order valence-electron chi connectivity index (χ1n) is 9.11. The van der Waals surface area contributed by atoms with Crippen LogP contribution in [0.2, 0.25) is 5.02 Å². The van der Waals surface area contributed by atoms with E-state index in [2.05, 4.69) is 15.5 Å². The van der Waals surface area contributed by atoms with Crippen molar-refractivity contribution in [1.82, 2.24) is 15.5 Å². The first-order valence-corrected chi connectivity index (χ1v) is 9.49. The fourth-order valence-electron chi connectivity index (χ4n) is 3.30. The largest absolute Gasteiger partial charge is 0.350 e. The van der Waals surface area contributed by atoms with Gasteiger partial charge < -0.3 is 10.6 Å². The molecular formula is C21H24ClN3O2. The quantitative estimate of drug-likeness (QED) is 0.803. The summed E-state index contributed by atoms with van der Waals surface area (Å²) >= 11 is 5.92. The first-order chi connectivity index (χ1) is 13.0. The van der Waals surface area contributed by atoms with Gasteiger partial charge in [0.1, 0.15) is 0 Å². The molecule has 1 fully saturated rings. The Kier molecular flexibility index (Phi) is 6.48. The van der Waals surface area contributed by atoms with Crippen molar-refractivity contribution in [2.24, 2.45) is 0 Å². The minimum atomic E-state index is -0.223. The highest BCUT2D eigenvalue weighted by atomic mass is 35.5. The molecule has 1 aliphatic rings. The van der Waals surface area contributed by atoms with Crippen LogP contribution in [-0.2, 0) is 11.3 Å². The number of nitrogens with zero attached hydrogens (tertiary/aromatic N) is 1. The van der Waals surface area contributed by atoms with Crippen molar-refractivity contribution in [3.8, 4) is 0 Å². The Morgan fingerprint density at radius 1 is 1.15 bits per heavy atom. The molecule has 142 valence electrons. The molecule has 1 atom stereocenters. The van der Waals surface area contributed by atoms with Gasteiger partial charge in [-0.15, -0.1) is 0 Å². The second-order valence-corrected chi connectivity index (χ2v) is 7.35. The van der Waals surface area contributed by atoms with Crippen molar-refractivity contribution >= 4 is 23.4 Å². The fourth-order valence-corrected chi connectivity index (χ4v) is 3.43. The van der Waals surface area contributed by atoms with Crippen molar-refractivity contribution in [2.75, 3.05) is 19.6 Å². The Labute approximate surface area is 164 Å². The molecule has 0 spiro atoms. The summed E-state index contributed by atoms with van der Waals surface area (Å²) in [5.74, 6) is -0.380. The predicted octanol–water partition coefficient (Wildman–Crippen LogP) is 2.77. The maximum atomic E-state index is 12.2. The van der Waals surface area contributed by atoms with E-state index >= 15 is 0 Å². The zero-order valence-electron chi connectivity index (χ0n) is 15.4. The summed E-state index contributed by atoms with van der Waals surface area (Å²) in [5.41, 5.74) is 2.70. The second kappa shape index (κ2) is 9.02. The zero-order chi connectivity index (χ0) is 19.2. The van der Waals surface area contributed by atoms with Crippen LogP contribution >= 0.6 is 11.6 Å². The van der Waals surface area contributed by atoms with Gasteiger partial charge in [0.25, 0.3) is 5.91 Å². The molecule has 6 heteroatoms. The first kappa shape index (κ1) is 19.4. The van der Waals surface area contributed by atoms with Gasteiger partial charge in [-0.3, -0.25) is 14.5 Å². The topological polar surface area (TPSA) is 61.4 Å². The lowest BCUT2D eigenvalue weighted by Gasteiger charge is -2.17. The van der Waals surface area contributed by atoms with E-state index in [0.29, 0.717) is 5.56 Å². The molecule has 2 amide bonds. The number of carbonyl (C=O) groups excluding carboxylic acids is 2. The van der Waals surface area contributed by atoms with Crippen LogP contribution in [0.25, 0.3) is 0 Å². The molecule has 27 heavy (non-hydrogen) atoms. The number of amides is 2. The van der Waals surface area contributed by atoms with Crippen LogP contribution in [0.1, 0.15) is 27.9 Å². The molecule has 0 radical (unpaired) electrons. The van der Waals surface area contributed by atoms with Gasteiger partial charge in [-0.25, -0.2) is 0 Å². The summed E-state index contributed by atoms with van der Waals surface area (Å²) in [6, 6.07) is 15.3. The predicted molar refractivity (Wildman–Crippen MR) is 107 cm³/mol. The highest BCUT2D eigenvalue weighted by molar-refractivity contribution is 6.30. The average molecular weight is 386 g/mol. The van der Waals surface area contributed by atoms with Gasteiger partial charge in [0.2, 0.25) is 5.91 Å². The molecule has 2 aromatic rings. The number of halogens is 1. The number of rotatable bonds is 6. The van der Waals surface area contributed by atoms with Crippen LogP contribution < -0.4 is 10.6 Å². The Morgan fingerprint density at radius 3 is 2.63 bits per heavy atom. The van der Waals surface area contributed by atoms with Gasteiger partial charge in [-0.1, -0.05) is 41.9 Å². The summed E-state index contributed by atoms with van der Waals surface area (Å²) in [6.45, 7) is 4.44. The molecule has 1 heterocycles. The normalized spacial score (nSPS) is 16.9. The van der Waals surface area contributed by atoms with Gasteiger partial charge in [0.05, 0.1) is 6.54 Å². The van der Waals surface area contributed by atoms with E-state index in [4.69, 9.17) is 11.6 Å². The summed E-state index contributed by atoms with van der Waals surface area (Å²) in [7, 11) is 0. The zero-order valence-corrected chi connectivity index (χ0v) is 16.1. The molecule has 5 nitrogen and oxygen atoms in total. The van der Waals surface area contributed by atoms with Crippen molar-refractivity contribution in [3.63, 3.8) is 0 Å². The maximum Gasteiger partial charge on any atom is 0.251 e. The van der Waals surface area contributed by atoms with E-state index in [0.717, 1.165) is 36.6 Å². The summed E-state index contributed by atoms with van der Waals surface area (Å²) in [4.78, 5) is 26.6. The van der Waals surface area contributed by atoms with Crippen LogP contribution in [-0.4, -0.2) is 42.4 Å². The number of carbonyl (C=O) groups is 2. The van der Waals surface area contributed by atoms with E-state index in [1.807, 2.05) is 49.4 Å². The second-order valence-electron chi connectivity index (χ2n) is 6.91. The fraction of sp³-hybridized carbons (Fsp3) is 0.333. The third-order valence-electron chi connectivity index (χ3n) is 4.76. The SMILES string of the molecule is Cc1ccccc1C(=O)NCC(=O)N[C@@H]1CCN(Cc2ccc(Cl)cc2)C1.